The standard InChI is InChI=1S/C19H23NO4/c1-2-22-17-12-15(21)8-9-16(17)24-19(14-6-4-3-5-7-14)18-13-20-10-11-23-18/h3-9,12,18-21H,2,10-11,13H2,1H3/t18-,19-/m1/s1/i1D3,2D2. The summed E-state index contributed by atoms with van der Waals surface area (Å²) in [4.78, 5) is 0. The SMILES string of the molecule is [2H]C([2H])([2H])C([2H])([2H])Oc1cc(O)ccc1O[C@H](c1ccccc1)[C@H]1CNCCO1. The van der Waals surface area contributed by atoms with Gasteiger partial charge in [-0.25, -0.2) is 0 Å². The minimum absolute atomic E-state index is 0.0963. The van der Waals surface area contributed by atoms with Crippen molar-refractivity contribution in [2.75, 3.05) is 26.3 Å². The van der Waals surface area contributed by atoms with Gasteiger partial charge < -0.3 is 24.6 Å². The van der Waals surface area contributed by atoms with Crippen LogP contribution in [0.1, 0.15) is 25.4 Å². The molecule has 2 atom stereocenters. The minimum atomic E-state index is -3.02. The smallest absolute Gasteiger partial charge is 0.164 e. The Labute approximate surface area is 149 Å². The molecule has 1 saturated heterocycles. The second-order valence-electron chi connectivity index (χ2n) is 5.40. The zero-order chi connectivity index (χ0) is 21.1. The molecule has 0 bridgehead atoms. The van der Waals surface area contributed by atoms with Crippen LogP contribution in [-0.2, 0) is 4.74 Å². The Balaban J connectivity index is 1.93. The van der Waals surface area contributed by atoms with Gasteiger partial charge in [0.2, 0.25) is 0 Å². The molecule has 1 aliphatic rings. The molecule has 5 nitrogen and oxygen atoms in total. The fourth-order valence-electron chi connectivity index (χ4n) is 2.65. The van der Waals surface area contributed by atoms with Gasteiger partial charge in [0.1, 0.15) is 11.9 Å². The molecule has 2 aromatic carbocycles. The molecule has 1 fully saturated rings. The normalized spacial score (nSPS) is 23.0. The number of phenols is 1. The summed E-state index contributed by atoms with van der Waals surface area (Å²) in [7, 11) is 0. The van der Waals surface area contributed by atoms with E-state index in [-0.39, 0.29) is 23.4 Å². The highest BCUT2D eigenvalue weighted by Gasteiger charge is 2.28. The Morgan fingerprint density at radius 2 is 2.21 bits per heavy atom. The van der Waals surface area contributed by atoms with Gasteiger partial charge in [0.25, 0.3) is 0 Å². The van der Waals surface area contributed by atoms with Gasteiger partial charge in [0.15, 0.2) is 17.6 Å². The molecule has 24 heavy (non-hydrogen) atoms. The third kappa shape index (κ3) is 3.99. The maximum absolute atomic E-state index is 9.80. The van der Waals surface area contributed by atoms with Crippen molar-refractivity contribution >= 4 is 0 Å². The molecule has 0 amide bonds. The summed E-state index contributed by atoms with van der Waals surface area (Å²) >= 11 is 0. The molecular formula is C19H23NO4. The number of nitrogens with one attached hydrogen (secondary N) is 1. The summed E-state index contributed by atoms with van der Waals surface area (Å²) in [6, 6.07) is 13.3. The molecule has 0 spiro atoms. The Hall–Kier alpha value is -2.24. The molecule has 0 unspecified atom stereocenters. The van der Waals surface area contributed by atoms with Crippen LogP contribution in [-0.4, -0.2) is 37.5 Å². The quantitative estimate of drug-likeness (QED) is 0.851. The first-order valence-corrected chi connectivity index (χ1v) is 7.73. The lowest BCUT2D eigenvalue weighted by molar-refractivity contribution is -0.0439. The Morgan fingerprint density at radius 3 is 2.96 bits per heavy atom. The van der Waals surface area contributed by atoms with E-state index in [1.54, 1.807) is 0 Å². The van der Waals surface area contributed by atoms with E-state index >= 15 is 0 Å². The Kier molecular flexibility index (Phi) is 3.80. The minimum Gasteiger partial charge on any atom is -0.508 e. The first kappa shape index (κ1) is 11.3. The van der Waals surface area contributed by atoms with Crippen LogP contribution in [0.25, 0.3) is 0 Å². The van der Waals surface area contributed by atoms with E-state index in [9.17, 15) is 5.11 Å². The number of morpholine rings is 1. The molecular weight excluding hydrogens is 306 g/mol. The average molecular weight is 334 g/mol. The third-order valence-corrected chi connectivity index (χ3v) is 3.76. The molecule has 3 rings (SSSR count). The van der Waals surface area contributed by atoms with E-state index in [1.807, 2.05) is 30.3 Å². The zero-order valence-electron chi connectivity index (χ0n) is 18.1. The van der Waals surface area contributed by atoms with Crippen LogP contribution >= 0.6 is 0 Å². The number of hydrogen-bond acceptors (Lipinski definition) is 5. The number of ether oxygens (including phenoxy) is 3. The van der Waals surface area contributed by atoms with Gasteiger partial charge in [-0.05, 0) is 24.5 Å². The van der Waals surface area contributed by atoms with E-state index in [2.05, 4.69) is 5.32 Å². The highest BCUT2D eigenvalue weighted by atomic mass is 16.6. The van der Waals surface area contributed by atoms with Crippen molar-refractivity contribution in [1.82, 2.24) is 5.32 Å². The predicted molar refractivity (Wildman–Crippen MR) is 91.7 cm³/mol. The second kappa shape index (κ2) is 8.04. The van der Waals surface area contributed by atoms with Crippen LogP contribution in [0.15, 0.2) is 48.5 Å². The lowest BCUT2D eigenvalue weighted by atomic mass is 10.0. The molecule has 1 aliphatic heterocycles. The number of aromatic hydroxyl groups is 1. The lowest BCUT2D eigenvalue weighted by Gasteiger charge is -2.32. The second-order valence-corrected chi connectivity index (χ2v) is 5.40. The van der Waals surface area contributed by atoms with Crippen LogP contribution in [0.4, 0.5) is 0 Å². The molecule has 0 radical (unpaired) electrons. The number of phenolic OH excluding ortho intramolecular Hbond substituents is 1. The summed E-state index contributed by atoms with van der Waals surface area (Å²) in [5.74, 6) is -0.324. The van der Waals surface area contributed by atoms with E-state index in [0.29, 0.717) is 13.2 Å². The van der Waals surface area contributed by atoms with Crippen LogP contribution < -0.4 is 14.8 Å². The highest BCUT2D eigenvalue weighted by Crippen LogP contribution is 2.36. The third-order valence-electron chi connectivity index (χ3n) is 3.76. The lowest BCUT2D eigenvalue weighted by Crippen LogP contribution is -2.43. The van der Waals surface area contributed by atoms with Crippen molar-refractivity contribution in [3.05, 3.63) is 54.1 Å². The van der Waals surface area contributed by atoms with Crippen molar-refractivity contribution in [3.8, 4) is 17.2 Å². The van der Waals surface area contributed by atoms with Gasteiger partial charge in [0.05, 0.1) is 15.9 Å². The molecule has 0 aliphatic carbocycles. The Bertz CT molecular complexity index is 810. The maximum Gasteiger partial charge on any atom is 0.164 e. The first-order valence-electron chi connectivity index (χ1n) is 10.2. The fourth-order valence-corrected chi connectivity index (χ4v) is 2.65. The summed E-state index contributed by atoms with van der Waals surface area (Å²) < 4.78 is 54.6. The van der Waals surface area contributed by atoms with Gasteiger partial charge in [0, 0.05) is 23.3 Å². The van der Waals surface area contributed by atoms with Crippen molar-refractivity contribution in [2.45, 2.75) is 19.1 Å². The summed E-state index contributed by atoms with van der Waals surface area (Å²) in [5, 5.41) is 13.0. The summed E-state index contributed by atoms with van der Waals surface area (Å²) in [6.07, 6.45) is -0.887. The average Bonchev–Trinajstić information content (AvgIpc) is 2.68. The van der Waals surface area contributed by atoms with Gasteiger partial charge >= 0.3 is 0 Å². The number of rotatable bonds is 6. The van der Waals surface area contributed by atoms with E-state index in [1.165, 1.54) is 12.1 Å². The van der Waals surface area contributed by atoms with Crippen molar-refractivity contribution < 1.29 is 26.2 Å². The molecule has 1 heterocycles. The van der Waals surface area contributed by atoms with Crippen molar-refractivity contribution in [3.63, 3.8) is 0 Å². The van der Waals surface area contributed by atoms with Crippen LogP contribution in [0, 0.1) is 0 Å². The molecule has 5 heteroatoms. The molecule has 128 valence electrons. The first-order chi connectivity index (χ1) is 13.7. The van der Waals surface area contributed by atoms with Gasteiger partial charge in [-0.1, -0.05) is 30.3 Å². The van der Waals surface area contributed by atoms with Gasteiger partial charge in [-0.3, -0.25) is 0 Å². The largest absolute Gasteiger partial charge is 0.508 e. The van der Waals surface area contributed by atoms with E-state index in [0.717, 1.165) is 18.2 Å². The molecule has 2 N–H and O–H groups in total. The summed E-state index contributed by atoms with van der Waals surface area (Å²) in [6.45, 7) is -4.21. The van der Waals surface area contributed by atoms with Crippen LogP contribution in [0.2, 0.25) is 0 Å². The number of benzene rings is 2. The van der Waals surface area contributed by atoms with Crippen molar-refractivity contribution in [1.29, 1.82) is 0 Å². The topological polar surface area (TPSA) is 60.0 Å². The van der Waals surface area contributed by atoms with Gasteiger partial charge in [-0.15, -0.1) is 0 Å². The van der Waals surface area contributed by atoms with Crippen molar-refractivity contribution in [2.24, 2.45) is 0 Å². The number of hydrogen-bond donors (Lipinski definition) is 2. The van der Waals surface area contributed by atoms with Crippen LogP contribution in [0.5, 0.6) is 17.2 Å². The molecule has 2 aromatic rings. The van der Waals surface area contributed by atoms with E-state index < -0.39 is 19.5 Å². The summed E-state index contributed by atoms with van der Waals surface area (Å²) in [5.41, 5.74) is 0.832. The highest BCUT2D eigenvalue weighted by molar-refractivity contribution is 5.45. The van der Waals surface area contributed by atoms with Gasteiger partial charge in [-0.2, -0.15) is 0 Å². The molecule has 0 aromatic heterocycles. The Morgan fingerprint density at radius 1 is 1.33 bits per heavy atom. The monoisotopic (exact) mass is 334 g/mol. The maximum atomic E-state index is 9.80. The predicted octanol–water partition coefficient (Wildman–Crippen LogP) is 2.90. The fraction of sp³-hybridized carbons (Fsp3) is 0.368. The van der Waals surface area contributed by atoms with E-state index in [4.69, 9.17) is 21.1 Å². The molecule has 0 saturated carbocycles. The van der Waals surface area contributed by atoms with Crippen LogP contribution in [0.3, 0.4) is 0 Å². The zero-order valence-corrected chi connectivity index (χ0v) is 13.1.